The van der Waals surface area contributed by atoms with E-state index in [1.165, 1.54) is 12.1 Å². The Morgan fingerprint density at radius 2 is 1.60 bits per heavy atom. The van der Waals surface area contributed by atoms with Crippen LogP contribution in [0.3, 0.4) is 0 Å². The van der Waals surface area contributed by atoms with E-state index in [4.69, 9.17) is 0 Å². The van der Waals surface area contributed by atoms with Gasteiger partial charge in [0.15, 0.2) is 0 Å². The molecular formula is C17H13FN2. The minimum atomic E-state index is -0.236. The summed E-state index contributed by atoms with van der Waals surface area (Å²) in [6.07, 6.45) is 5.28. The first kappa shape index (κ1) is 12.4. The van der Waals surface area contributed by atoms with Crippen molar-refractivity contribution in [3.05, 3.63) is 89.5 Å². The molecule has 0 amide bonds. The molecule has 20 heavy (non-hydrogen) atoms. The fourth-order valence-corrected chi connectivity index (χ4v) is 2.17. The second-order valence-corrected chi connectivity index (χ2v) is 4.40. The van der Waals surface area contributed by atoms with E-state index in [0.717, 1.165) is 22.4 Å². The molecule has 0 fully saturated rings. The third-order valence-electron chi connectivity index (χ3n) is 3.09. The molecule has 0 radical (unpaired) electrons. The normalized spacial score (nSPS) is 15.8. The van der Waals surface area contributed by atoms with Crippen LogP contribution in [0.15, 0.2) is 77.6 Å². The van der Waals surface area contributed by atoms with E-state index in [1.54, 1.807) is 24.7 Å². The first-order valence-electron chi connectivity index (χ1n) is 6.35. The highest BCUT2D eigenvalue weighted by Crippen LogP contribution is 2.27. The van der Waals surface area contributed by atoms with Gasteiger partial charge in [0.25, 0.3) is 0 Å². The lowest BCUT2D eigenvalue weighted by molar-refractivity contribution is 0.627. The van der Waals surface area contributed by atoms with E-state index in [2.05, 4.69) is 10.3 Å². The molecule has 0 unspecified atom stereocenters. The largest absolute Gasteiger partial charge is 0.346 e. The molecule has 0 aliphatic carbocycles. The number of aliphatic imine (C=N–C) groups is 1. The van der Waals surface area contributed by atoms with Crippen molar-refractivity contribution in [2.75, 3.05) is 0 Å². The lowest BCUT2D eigenvalue weighted by Crippen LogP contribution is -2.14. The van der Waals surface area contributed by atoms with Crippen molar-refractivity contribution in [3.63, 3.8) is 0 Å². The zero-order valence-corrected chi connectivity index (χ0v) is 10.8. The Labute approximate surface area is 117 Å². The van der Waals surface area contributed by atoms with Gasteiger partial charge in [0.1, 0.15) is 5.82 Å². The number of benzene rings is 2. The SMILES string of the molecule is Fc1ccc(C(=C2C=CN=CN2)c2ccccc2)cc1. The fourth-order valence-electron chi connectivity index (χ4n) is 2.17. The van der Waals surface area contributed by atoms with Crippen LogP contribution in [0.2, 0.25) is 0 Å². The molecule has 98 valence electrons. The maximum Gasteiger partial charge on any atom is 0.123 e. The summed E-state index contributed by atoms with van der Waals surface area (Å²) in [7, 11) is 0. The van der Waals surface area contributed by atoms with Gasteiger partial charge in [-0.3, -0.25) is 0 Å². The second-order valence-electron chi connectivity index (χ2n) is 4.40. The molecule has 1 aliphatic heterocycles. The van der Waals surface area contributed by atoms with E-state index in [9.17, 15) is 4.39 Å². The predicted molar refractivity (Wildman–Crippen MR) is 79.6 cm³/mol. The van der Waals surface area contributed by atoms with Gasteiger partial charge in [0.05, 0.1) is 6.34 Å². The monoisotopic (exact) mass is 264 g/mol. The van der Waals surface area contributed by atoms with Gasteiger partial charge < -0.3 is 5.32 Å². The maximum atomic E-state index is 13.1. The van der Waals surface area contributed by atoms with Crippen molar-refractivity contribution in [1.29, 1.82) is 0 Å². The van der Waals surface area contributed by atoms with Crippen molar-refractivity contribution in [2.45, 2.75) is 0 Å². The van der Waals surface area contributed by atoms with Crippen LogP contribution in [0.5, 0.6) is 0 Å². The van der Waals surface area contributed by atoms with Gasteiger partial charge >= 0.3 is 0 Å². The standard InChI is InChI=1S/C17H13FN2/c18-15-8-6-14(7-9-15)17(13-4-2-1-3-5-13)16-10-11-19-12-20-16/h1-12H,(H,19,20). The molecule has 2 aromatic rings. The first-order valence-corrected chi connectivity index (χ1v) is 6.35. The highest BCUT2D eigenvalue weighted by molar-refractivity contribution is 5.85. The minimum absolute atomic E-state index is 0.236. The summed E-state index contributed by atoms with van der Waals surface area (Å²) in [4.78, 5) is 4.00. The van der Waals surface area contributed by atoms with Crippen molar-refractivity contribution >= 4 is 11.9 Å². The zero-order chi connectivity index (χ0) is 13.8. The highest BCUT2D eigenvalue weighted by Gasteiger charge is 2.11. The molecule has 1 aliphatic rings. The Morgan fingerprint density at radius 1 is 0.900 bits per heavy atom. The van der Waals surface area contributed by atoms with Gasteiger partial charge in [-0.15, -0.1) is 0 Å². The summed E-state index contributed by atoms with van der Waals surface area (Å²) < 4.78 is 13.1. The number of halogens is 1. The number of hydrogen-bond acceptors (Lipinski definition) is 2. The van der Waals surface area contributed by atoms with Gasteiger partial charge in [0.2, 0.25) is 0 Å². The van der Waals surface area contributed by atoms with Gasteiger partial charge in [-0.25, -0.2) is 9.38 Å². The third-order valence-corrected chi connectivity index (χ3v) is 3.09. The van der Waals surface area contributed by atoms with Crippen LogP contribution in [0.4, 0.5) is 4.39 Å². The molecule has 3 rings (SSSR count). The molecule has 1 heterocycles. The maximum absolute atomic E-state index is 13.1. The Hall–Kier alpha value is -2.68. The number of allylic oxidation sites excluding steroid dienone is 1. The smallest absolute Gasteiger partial charge is 0.123 e. The summed E-state index contributed by atoms with van der Waals surface area (Å²) >= 11 is 0. The molecule has 0 atom stereocenters. The zero-order valence-electron chi connectivity index (χ0n) is 10.8. The van der Waals surface area contributed by atoms with Crippen LogP contribution in [0.1, 0.15) is 11.1 Å². The van der Waals surface area contributed by atoms with Gasteiger partial charge in [0, 0.05) is 17.5 Å². The summed E-state index contributed by atoms with van der Waals surface area (Å²) in [6.45, 7) is 0. The summed E-state index contributed by atoms with van der Waals surface area (Å²) in [6, 6.07) is 16.5. The highest BCUT2D eigenvalue weighted by atomic mass is 19.1. The number of nitrogens with one attached hydrogen (secondary N) is 1. The van der Waals surface area contributed by atoms with Crippen molar-refractivity contribution in [1.82, 2.24) is 5.32 Å². The van der Waals surface area contributed by atoms with Crippen LogP contribution in [0, 0.1) is 5.82 Å². The van der Waals surface area contributed by atoms with Gasteiger partial charge in [-0.2, -0.15) is 0 Å². The van der Waals surface area contributed by atoms with E-state index < -0.39 is 0 Å². The van der Waals surface area contributed by atoms with Crippen LogP contribution in [-0.2, 0) is 0 Å². The van der Waals surface area contributed by atoms with Gasteiger partial charge in [-0.1, -0.05) is 42.5 Å². The van der Waals surface area contributed by atoms with E-state index in [0.29, 0.717) is 0 Å². The van der Waals surface area contributed by atoms with Gasteiger partial charge in [-0.05, 0) is 29.3 Å². The lowest BCUT2D eigenvalue weighted by Gasteiger charge is -2.15. The number of rotatable bonds is 2. The quantitative estimate of drug-likeness (QED) is 0.878. The van der Waals surface area contributed by atoms with E-state index >= 15 is 0 Å². The van der Waals surface area contributed by atoms with Crippen molar-refractivity contribution in [3.8, 4) is 0 Å². The lowest BCUT2D eigenvalue weighted by atomic mass is 9.95. The molecule has 0 saturated carbocycles. The van der Waals surface area contributed by atoms with Crippen LogP contribution in [0.25, 0.3) is 5.57 Å². The molecule has 0 aromatic heterocycles. The molecule has 0 bridgehead atoms. The molecule has 2 aromatic carbocycles. The number of hydrogen-bond donors (Lipinski definition) is 1. The Morgan fingerprint density at radius 3 is 2.25 bits per heavy atom. The van der Waals surface area contributed by atoms with Crippen molar-refractivity contribution in [2.24, 2.45) is 4.99 Å². The Bertz CT molecular complexity index is 683. The molecular weight excluding hydrogens is 251 g/mol. The van der Waals surface area contributed by atoms with E-state index in [-0.39, 0.29) is 5.82 Å². The molecule has 2 nitrogen and oxygen atoms in total. The Balaban J connectivity index is 2.16. The molecule has 1 N–H and O–H groups in total. The first-order chi connectivity index (χ1) is 9.84. The second kappa shape index (κ2) is 5.53. The fraction of sp³-hybridized carbons (Fsp3) is 0. The summed E-state index contributed by atoms with van der Waals surface area (Å²) in [5, 5.41) is 3.14. The average Bonchev–Trinajstić information content (AvgIpc) is 2.52. The van der Waals surface area contributed by atoms with Crippen LogP contribution < -0.4 is 5.32 Å². The van der Waals surface area contributed by atoms with Crippen LogP contribution in [-0.4, -0.2) is 6.34 Å². The third kappa shape index (κ3) is 2.52. The van der Waals surface area contributed by atoms with Crippen molar-refractivity contribution < 1.29 is 4.39 Å². The minimum Gasteiger partial charge on any atom is -0.346 e. The Kier molecular flexibility index (Phi) is 3.42. The summed E-state index contributed by atoms with van der Waals surface area (Å²) in [5.74, 6) is -0.236. The topological polar surface area (TPSA) is 24.4 Å². The molecule has 3 heteroatoms. The summed E-state index contributed by atoms with van der Waals surface area (Å²) in [5.41, 5.74) is 3.99. The molecule has 0 saturated heterocycles. The average molecular weight is 264 g/mol. The van der Waals surface area contributed by atoms with E-state index in [1.807, 2.05) is 36.4 Å². The molecule has 0 spiro atoms. The number of nitrogens with zero attached hydrogens (tertiary/aromatic N) is 1. The van der Waals surface area contributed by atoms with Crippen LogP contribution >= 0.6 is 0 Å². The predicted octanol–water partition coefficient (Wildman–Crippen LogP) is 3.73.